The molecule has 2 rings (SSSR count). The molecule has 0 saturated carbocycles. The monoisotopic (exact) mass is 448 g/mol. The lowest BCUT2D eigenvalue weighted by Gasteiger charge is -2.12. The molecule has 0 atom stereocenters. The minimum atomic E-state index is -5.87. The van der Waals surface area contributed by atoms with Crippen LogP contribution in [-0.2, 0) is 16.7 Å². The first-order valence-electron chi connectivity index (χ1n) is 5.75. The van der Waals surface area contributed by atoms with Gasteiger partial charge in [-0.25, -0.2) is 0 Å². The Kier molecular flexibility index (Phi) is 5.15. The Hall–Kier alpha value is -1.73. The zero-order valence-corrected chi connectivity index (χ0v) is 14.3. The molecule has 0 fully saturated rings. The van der Waals surface area contributed by atoms with Crippen LogP contribution in [0.1, 0.15) is 10.4 Å². The molecular formula is C10H5BrClF3N4O4S. The summed E-state index contributed by atoms with van der Waals surface area (Å²) in [5, 5.41) is 10.2. The van der Waals surface area contributed by atoms with E-state index in [1.54, 1.807) is 0 Å². The molecule has 1 aromatic carbocycles. The molecule has 8 nitrogen and oxygen atoms in total. The van der Waals surface area contributed by atoms with Crippen molar-refractivity contribution in [3.05, 3.63) is 33.5 Å². The summed E-state index contributed by atoms with van der Waals surface area (Å²) in [5.41, 5.74) is -5.70. The number of Topliss-reactive ketones (excluding diaryl/α,β-unsaturated/α-hetero) is 1. The number of tetrazole rings is 1. The Morgan fingerprint density at radius 3 is 2.58 bits per heavy atom. The van der Waals surface area contributed by atoms with Crippen LogP contribution in [0.15, 0.2) is 22.9 Å². The van der Waals surface area contributed by atoms with Crippen LogP contribution in [0.5, 0.6) is 5.75 Å². The van der Waals surface area contributed by atoms with Crippen molar-refractivity contribution in [1.82, 2.24) is 20.2 Å². The van der Waals surface area contributed by atoms with Gasteiger partial charge in [0.15, 0.2) is 17.9 Å². The van der Waals surface area contributed by atoms with E-state index in [9.17, 15) is 26.4 Å². The lowest BCUT2D eigenvalue weighted by Crippen LogP contribution is -2.28. The quantitative estimate of drug-likeness (QED) is 0.391. The molecule has 0 aliphatic heterocycles. The van der Waals surface area contributed by atoms with E-state index in [-0.39, 0.29) is 21.6 Å². The number of carbonyl (C=O) groups excluding carboxylic acids is 1. The van der Waals surface area contributed by atoms with Crippen molar-refractivity contribution in [1.29, 1.82) is 0 Å². The maximum atomic E-state index is 12.3. The molecule has 0 unspecified atom stereocenters. The van der Waals surface area contributed by atoms with E-state index in [1.807, 2.05) is 0 Å². The van der Waals surface area contributed by atoms with Crippen molar-refractivity contribution in [3.8, 4) is 5.75 Å². The van der Waals surface area contributed by atoms with Crippen LogP contribution in [0.4, 0.5) is 13.2 Å². The highest BCUT2D eigenvalue weighted by atomic mass is 79.9. The van der Waals surface area contributed by atoms with Crippen LogP contribution in [0.3, 0.4) is 0 Å². The molecule has 0 amide bonds. The summed E-state index contributed by atoms with van der Waals surface area (Å²) in [6.45, 7) is -0.326. The summed E-state index contributed by atoms with van der Waals surface area (Å²) in [5.74, 6) is -1.29. The van der Waals surface area contributed by atoms with Crippen molar-refractivity contribution < 1.29 is 30.6 Å². The number of rotatable bonds is 5. The maximum absolute atomic E-state index is 12.3. The summed E-state index contributed by atoms with van der Waals surface area (Å²) in [6.07, 6.45) is 1.10. The predicted octanol–water partition coefficient (Wildman–Crippen LogP) is 2.20. The Labute approximate surface area is 145 Å². The summed E-state index contributed by atoms with van der Waals surface area (Å²) >= 11 is 8.64. The van der Waals surface area contributed by atoms with Crippen LogP contribution >= 0.6 is 27.5 Å². The molecule has 24 heavy (non-hydrogen) atoms. The molecule has 0 bridgehead atoms. The van der Waals surface area contributed by atoms with E-state index < -0.39 is 27.2 Å². The zero-order chi connectivity index (χ0) is 18.1. The van der Waals surface area contributed by atoms with E-state index in [0.717, 1.165) is 23.3 Å². The van der Waals surface area contributed by atoms with Crippen molar-refractivity contribution in [2.45, 2.75) is 12.1 Å². The number of ketones is 1. The van der Waals surface area contributed by atoms with Crippen LogP contribution in [-0.4, -0.2) is 39.9 Å². The van der Waals surface area contributed by atoms with Crippen LogP contribution in [0, 0.1) is 0 Å². The van der Waals surface area contributed by atoms with Gasteiger partial charge < -0.3 is 4.18 Å². The first-order valence-corrected chi connectivity index (χ1v) is 8.33. The lowest BCUT2D eigenvalue weighted by atomic mass is 10.1. The number of hydrogen-bond acceptors (Lipinski definition) is 7. The molecule has 2 aromatic rings. The number of nitrogens with zero attached hydrogens (tertiary/aromatic N) is 4. The Morgan fingerprint density at radius 2 is 2.04 bits per heavy atom. The Bertz CT molecular complexity index is 873. The highest BCUT2D eigenvalue weighted by Crippen LogP contribution is 2.35. The molecule has 0 radical (unpaired) electrons. The largest absolute Gasteiger partial charge is 0.534 e. The second kappa shape index (κ2) is 6.64. The molecular weight excluding hydrogens is 445 g/mol. The fourth-order valence-corrected chi connectivity index (χ4v) is 2.71. The number of benzene rings is 1. The normalized spacial score (nSPS) is 12.2. The molecule has 0 aliphatic rings. The van der Waals surface area contributed by atoms with Crippen LogP contribution in [0.2, 0.25) is 5.02 Å². The molecule has 1 aromatic heterocycles. The van der Waals surface area contributed by atoms with Gasteiger partial charge in [0.1, 0.15) is 6.54 Å². The van der Waals surface area contributed by atoms with Gasteiger partial charge in [-0.1, -0.05) is 11.6 Å². The van der Waals surface area contributed by atoms with E-state index in [1.165, 1.54) is 0 Å². The minimum absolute atomic E-state index is 0.0994. The second-order valence-corrected chi connectivity index (χ2v) is 6.93. The van der Waals surface area contributed by atoms with Gasteiger partial charge in [-0.3, -0.25) is 4.79 Å². The third kappa shape index (κ3) is 4.02. The van der Waals surface area contributed by atoms with Crippen LogP contribution in [0.25, 0.3) is 0 Å². The first kappa shape index (κ1) is 18.6. The van der Waals surface area contributed by atoms with Gasteiger partial charge in [-0.2, -0.15) is 26.4 Å². The number of carbonyl (C=O) groups is 1. The highest BCUT2D eigenvalue weighted by molar-refractivity contribution is 9.10. The molecule has 0 N–H and O–H groups in total. The van der Waals surface area contributed by atoms with E-state index >= 15 is 0 Å². The van der Waals surface area contributed by atoms with Gasteiger partial charge in [0.05, 0.1) is 9.50 Å². The van der Waals surface area contributed by atoms with Gasteiger partial charge in [0, 0.05) is 11.6 Å². The molecule has 1 heterocycles. The number of alkyl halides is 3. The van der Waals surface area contributed by atoms with Crippen molar-refractivity contribution in [2.24, 2.45) is 0 Å². The Morgan fingerprint density at radius 1 is 1.38 bits per heavy atom. The standard InChI is InChI=1S/C10H5BrClF3N4O4S/c11-6-1-5(8(20)3-19-17-4-16-18-19)7(12)2-9(6)23-24(21,22)10(13,14)15/h1-2,4H,3H2. The number of halogens is 5. The van der Waals surface area contributed by atoms with Gasteiger partial charge >= 0.3 is 15.6 Å². The van der Waals surface area contributed by atoms with Gasteiger partial charge in [0.25, 0.3) is 0 Å². The first-order chi connectivity index (χ1) is 11.0. The SMILES string of the molecule is O=C(Cn1ncnn1)c1cc(Br)c(OS(=O)(=O)C(F)(F)F)cc1Cl. The van der Waals surface area contributed by atoms with E-state index in [2.05, 4.69) is 35.5 Å². The lowest BCUT2D eigenvalue weighted by molar-refractivity contribution is -0.0500. The van der Waals surface area contributed by atoms with E-state index in [0.29, 0.717) is 0 Å². The second-order valence-electron chi connectivity index (χ2n) is 4.14. The summed E-state index contributed by atoms with van der Waals surface area (Å²) in [4.78, 5) is 13.0. The molecule has 0 saturated heterocycles. The number of hydrogen-bond donors (Lipinski definition) is 0. The van der Waals surface area contributed by atoms with Crippen molar-refractivity contribution >= 4 is 43.4 Å². The fraction of sp³-hybridized carbons (Fsp3) is 0.200. The van der Waals surface area contributed by atoms with Crippen molar-refractivity contribution in [2.75, 3.05) is 0 Å². The molecule has 14 heteroatoms. The molecule has 0 aliphatic carbocycles. The van der Waals surface area contributed by atoms with Gasteiger partial charge in [0.2, 0.25) is 0 Å². The maximum Gasteiger partial charge on any atom is 0.534 e. The van der Waals surface area contributed by atoms with E-state index in [4.69, 9.17) is 11.6 Å². The number of aromatic nitrogens is 4. The zero-order valence-electron chi connectivity index (χ0n) is 11.2. The molecule has 130 valence electrons. The highest BCUT2D eigenvalue weighted by Gasteiger charge is 2.48. The minimum Gasteiger partial charge on any atom is -0.375 e. The van der Waals surface area contributed by atoms with Crippen molar-refractivity contribution in [3.63, 3.8) is 0 Å². The average molecular weight is 450 g/mol. The predicted molar refractivity (Wildman–Crippen MR) is 76.9 cm³/mol. The summed E-state index contributed by atoms with van der Waals surface area (Å²) < 4.78 is 62.8. The third-order valence-corrected chi connectivity index (χ3v) is 4.38. The Balaban J connectivity index is 2.30. The fourth-order valence-electron chi connectivity index (χ4n) is 1.45. The average Bonchev–Trinajstić information content (AvgIpc) is 2.93. The molecule has 0 spiro atoms. The summed E-state index contributed by atoms with van der Waals surface area (Å²) in [7, 11) is -5.87. The van der Waals surface area contributed by atoms with Gasteiger partial charge in [-0.05, 0) is 27.2 Å². The van der Waals surface area contributed by atoms with Gasteiger partial charge in [-0.15, -0.1) is 10.2 Å². The topological polar surface area (TPSA) is 104 Å². The summed E-state index contributed by atoms with van der Waals surface area (Å²) in [6, 6.07) is 1.81. The smallest absolute Gasteiger partial charge is 0.375 e. The van der Waals surface area contributed by atoms with Crippen LogP contribution < -0.4 is 4.18 Å². The third-order valence-electron chi connectivity index (χ3n) is 2.48.